The van der Waals surface area contributed by atoms with Crippen LogP contribution < -0.4 is 4.74 Å². The number of aliphatic hydroxyl groups is 1. The van der Waals surface area contributed by atoms with Gasteiger partial charge in [-0.05, 0) is 79.0 Å². The van der Waals surface area contributed by atoms with Crippen molar-refractivity contribution in [1.29, 1.82) is 0 Å². The molecule has 0 aliphatic heterocycles. The summed E-state index contributed by atoms with van der Waals surface area (Å²) < 4.78 is 5.42. The van der Waals surface area contributed by atoms with Crippen LogP contribution in [0.3, 0.4) is 0 Å². The Balaban J connectivity index is 1.46. The summed E-state index contributed by atoms with van der Waals surface area (Å²) in [6.45, 7) is 0. The van der Waals surface area contributed by atoms with E-state index >= 15 is 0 Å². The Hall–Kier alpha value is -3.95. The summed E-state index contributed by atoms with van der Waals surface area (Å²) in [7, 11) is 1.51. The highest BCUT2D eigenvalue weighted by Gasteiger charge is 2.58. The lowest BCUT2D eigenvalue weighted by Crippen LogP contribution is -2.59. The zero-order valence-corrected chi connectivity index (χ0v) is 25.3. The Morgan fingerprint density at radius 3 is 2.48 bits per heavy atom. The van der Waals surface area contributed by atoms with E-state index in [1.807, 2.05) is 30.3 Å². The van der Waals surface area contributed by atoms with Crippen LogP contribution in [0.25, 0.3) is 0 Å². The van der Waals surface area contributed by atoms with Crippen LogP contribution in [0.15, 0.2) is 66.7 Å². The van der Waals surface area contributed by atoms with Crippen molar-refractivity contribution >= 4 is 5.78 Å². The summed E-state index contributed by atoms with van der Waals surface area (Å²) in [5, 5.41) is 43.5. The van der Waals surface area contributed by atoms with Crippen molar-refractivity contribution in [2.75, 3.05) is 7.11 Å². The number of carbonyl (C=O) groups is 1. The van der Waals surface area contributed by atoms with Crippen molar-refractivity contribution in [1.82, 2.24) is 0 Å². The fourth-order valence-corrected chi connectivity index (χ4v) is 8.72. The van der Waals surface area contributed by atoms with Gasteiger partial charge in [0.1, 0.15) is 5.78 Å². The van der Waals surface area contributed by atoms with E-state index in [4.69, 9.17) is 4.74 Å². The van der Waals surface area contributed by atoms with E-state index in [-0.39, 0.29) is 53.6 Å². The first kappa shape index (κ1) is 30.1. The number of methoxy groups -OCH3 is 1. The Labute approximate surface area is 259 Å². The van der Waals surface area contributed by atoms with Gasteiger partial charge in [0.25, 0.3) is 0 Å². The largest absolute Gasteiger partial charge is 0.504 e. The third-order valence-corrected chi connectivity index (χ3v) is 10.8. The molecule has 3 aromatic rings. The number of aromatic hydroxyl groups is 3. The molecule has 6 unspecified atom stereocenters. The van der Waals surface area contributed by atoms with Gasteiger partial charge in [0, 0.05) is 42.4 Å². The number of carbonyl (C=O) groups excluding carboxylic acids is 1. The normalized spacial score (nSPS) is 30.3. The number of hydrogen-bond donors (Lipinski definition) is 4. The van der Waals surface area contributed by atoms with Crippen molar-refractivity contribution in [3.05, 3.63) is 83.4 Å². The predicted octanol–water partition coefficient (Wildman–Crippen LogP) is 6.78. The van der Waals surface area contributed by atoms with Crippen LogP contribution >= 0.6 is 0 Å². The fourth-order valence-electron chi connectivity index (χ4n) is 8.72. The molecule has 6 atom stereocenters. The highest BCUT2D eigenvalue weighted by atomic mass is 16.5. The standard InChI is InChI=1S/C38H42O6/c1-44-35-21-27(13-15-33(35)41)31-23-30(39)24-37(43)19-17-28-11-5-6-18-38(28,29-14-16-32(40)34(42)22-29)36(37)12-7-10-26(31)20-25-8-3-2-4-9-25/h2-4,8-9,13-16,21-22,26,28,31,36,40-43H,5-6,11-12,17-20,23-24H2,1H3. The smallest absolute Gasteiger partial charge is 0.160 e. The number of ether oxygens (including phenoxy) is 1. The molecule has 0 spiro atoms. The molecule has 0 radical (unpaired) electrons. The molecule has 0 amide bonds. The van der Waals surface area contributed by atoms with Gasteiger partial charge >= 0.3 is 0 Å². The van der Waals surface area contributed by atoms with Crippen molar-refractivity contribution in [2.24, 2.45) is 17.8 Å². The second kappa shape index (κ2) is 12.2. The van der Waals surface area contributed by atoms with E-state index in [9.17, 15) is 25.2 Å². The fraction of sp³-hybridized carbons (Fsp3) is 0.447. The molecule has 3 aromatic carbocycles. The molecule has 6 heteroatoms. The number of benzene rings is 3. The van der Waals surface area contributed by atoms with E-state index in [1.165, 1.54) is 7.11 Å². The molecule has 4 N–H and O–H groups in total. The number of fused-ring (bicyclic) bond motifs is 3. The van der Waals surface area contributed by atoms with E-state index in [0.717, 1.165) is 48.8 Å². The summed E-state index contributed by atoms with van der Waals surface area (Å²) in [5.41, 5.74) is 1.23. The minimum Gasteiger partial charge on any atom is -0.504 e. The molecule has 6 rings (SSSR count). The Kier molecular flexibility index (Phi) is 8.35. The van der Waals surface area contributed by atoms with Gasteiger partial charge in [-0.3, -0.25) is 4.79 Å². The molecule has 3 aliphatic rings. The van der Waals surface area contributed by atoms with Crippen LogP contribution in [0.1, 0.15) is 80.4 Å². The summed E-state index contributed by atoms with van der Waals surface area (Å²) in [6, 6.07) is 20.5. The molecular formula is C38H42O6. The predicted molar refractivity (Wildman–Crippen MR) is 169 cm³/mol. The first-order valence-corrected chi connectivity index (χ1v) is 15.9. The number of ketones is 1. The summed E-state index contributed by atoms with van der Waals surface area (Å²) in [6.07, 6.45) is 6.65. The second-order valence-electron chi connectivity index (χ2n) is 13.2. The molecular weight excluding hydrogens is 552 g/mol. The lowest BCUT2D eigenvalue weighted by molar-refractivity contribution is -0.143. The van der Waals surface area contributed by atoms with E-state index in [1.54, 1.807) is 24.3 Å². The molecule has 0 aromatic heterocycles. The minimum atomic E-state index is -1.24. The quantitative estimate of drug-likeness (QED) is 0.192. The Bertz CT molecular complexity index is 1570. The zero-order valence-electron chi connectivity index (χ0n) is 25.3. The molecule has 0 heterocycles. The summed E-state index contributed by atoms with van der Waals surface area (Å²) in [4.78, 5) is 14.1. The third kappa shape index (κ3) is 5.55. The van der Waals surface area contributed by atoms with Crippen LogP contribution in [0.5, 0.6) is 23.0 Å². The molecule has 2 fully saturated rings. The van der Waals surface area contributed by atoms with Gasteiger partial charge < -0.3 is 25.2 Å². The number of phenolic OH excluding ortho intramolecular Hbond substituents is 3. The molecule has 3 aliphatic carbocycles. The third-order valence-electron chi connectivity index (χ3n) is 10.8. The van der Waals surface area contributed by atoms with Crippen LogP contribution in [-0.2, 0) is 16.6 Å². The topological polar surface area (TPSA) is 107 Å². The van der Waals surface area contributed by atoms with Gasteiger partial charge in [-0.25, -0.2) is 0 Å². The SMILES string of the molecule is COc1cc(C2CC(=O)CC3(O)CCC4CCCCC4(c4ccc(O)c(O)c4)C3CC#CC2Cc2ccccc2)ccc1O. The van der Waals surface area contributed by atoms with Crippen molar-refractivity contribution in [2.45, 2.75) is 81.1 Å². The number of phenols is 3. The first-order chi connectivity index (χ1) is 21.2. The number of Topliss-reactive ketones (excluding diaryl/α,β-unsaturated/α-hetero) is 1. The summed E-state index contributed by atoms with van der Waals surface area (Å²) in [5.74, 6) is 6.77. The minimum absolute atomic E-state index is 0.00531. The highest BCUT2D eigenvalue weighted by Crippen LogP contribution is 2.60. The number of hydrogen-bond acceptors (Lipinski definition) is 6. The van der Waals surface area contributed by atoms with Crippen LogP contribution in [-0.4, -0.2) is 38.9 Å². The summed E-state index contributed by atoms with van der Waals surface area (Å²) >= 11 is 0. The average Bonchev–Trinajstić information content (AvgIpc) is 3.02. The molecule has 0 bridgehead atoms. The molecule has 2 saturated carbocycles. The average molecular weight is 595 g/mol. The maximum atomic E-state index is 14.1. The van der Waals surface area contributed by atoms with Gasteiger partial charge in [0.05, 0.1) is 12.7 Å². The van der Waals surface area contributed by atoms with Gasteiger partial charge in [-0.15, -0.1) is 5.92 Å². The van der Waals surface area contributed by atoms with Crippen molar-refractivity contribution < 1.29 is 30.0 Å². The van der Waals surface area contributed by atoms with Gasteiger partial charge in [0.2, 0.25) is 0 Å². The molecule has 0 saturated heterocycles. The Morgan fingerprint density at radius 1 is 0.909 bits per heavy atom. The van der Waals surface area contributed by atoms with Crippen molar-refractivity contribution in [3.63, 3.8) is 0 Å². The lowest BCUT2D eigenvalue weighted by atomic mass is 9.47. The van der Waals surface area contributed by atoms with E-state index in [2.05, 4.69) is 24.0 Å². The van der Waals surface area contributed by atoms with Crippen LogP contribution in [0.2, 0.25) is 0 Å². The highest BCUT2D eigenvalue weighted by molar-refractivity contribution is 5.81. The van der Waals surface area contributed by atoms with Gasteiger partial charge in [-0.1, -0.05) is 61.2 Å². The van der Waals surface area contributed by atoms with Crippen LogP contribution in [0, 0.1) is 29.6 Å². The maximum Gasteiger partial charge on any atom is 0.160 e. The van der Waals surface area contributed by atoms with Gasteiger partial charge in [0.15, 0.2) is 23.0 Å². The molecule has 6 nitrogen and oxygen atoms in total. The maximum absolute atomic E-state index is 14.1. The van der Waals surface area contributed by atoms with E-state index < -0.39 is 11.0 Å². The number of rotatable bonds is 5. The molecule has 44 heavy (non-hydrogen) atoms. The van der Waals surface area contributed by atoms with Gasteiger partial charge in [-0.2, -0.15) is 0 Å². The second-order valence-corrected chi connectivity index (χ2v) is 13.2. The molecule has 230 valence electrons. The zero-order chi connectivity index (χ0) is 30.9. The lowest BCUT2D eigenvalue weighted by Gasteiger charge is -2.58. The first-order valence-electron chi connectivity index (χ1n) is 15.9. The van der Waals surface area contributed by atoms with E-state index in [0.29, 0.717) is 30.9 Å². The monoisotopic (exact) mass is 594 g/mol. The van der Waals surface area contributed by atoms with Crippen molar-refractivity contribution in [3.8, 4) is 34.8 Å². The Morgan fingerprint density at radius 2 is 1.70 bits per heavy atom. The van der Waals surface area contributed by atoms with Crippen LogP contribution in [0.4, 0.5) is 0 Å².